The largest absolute Gasteiger partial charge is 0.411 e. The Labute approximate surface area is 89.5 Å². The van der Waals surface area contributed by atoms with Crippen LogP contribution in [0.5, 0.6) is 0 Å². The highest BCUT2D eigenvalue weighted by Crippen LogP contribution is 2.20. The summed E-state index contributed by atoms with van der Waals surface area (Å²) >= 11 is 0. The smallest absolute Gasteiger partial charge is 0.248 e. The minimum atomic E-state index is -0.410. The first kappa shape index (κ1) is 12.0. The van der Waals surface area contributed by atoms with Crippen molar-refractivity contribution < 1.29 is 14.7 Å². The molecule has 5 heteroatoms. The average Bonchev–Trinajstić information content (AvgIpc) is 2.29. The van der Waals surface area contributed by atoms with Crippen molar-refractivity contribution >= 4 is 11.6 Å². The lowest BCUT2D eigenvalue weighted by Crippen LogP contribution is -2.36. The number of likely N-dealkylation sites (N-methyl/N-ethyl adjacent to an activating group) is 1. The zero-order valence-electron chi connectivity index (χ0n) is 9.19. The summed E-state index contributed by atoms with van der Waals surface area (Å²) in [6.07, 6.45) is 2.83. The lowest BCUT2D eigenvalue weighted by molar-refractivity contribution is -0.135. The molecule has 1 aliphatic rings. The second kappa shape index (κ2) is 5.70. The van der Waals surface area contributed by atoms with Crippen LogP contribution in [-0.4, -0.2) is 36.1 Å². The van der Waals surface area contributed by atoms with E-state index >= 15 is 0 Å². The summed E-state index contributed by atoms with van der Waals surface area (Å²) in [5, 5.41) is 14.3. The van der Waals surface area contributed by atoms with Crippen LogP contribution in [0.1, 0.15) is 32.6 Å². The third-order valence-electron chi connectivity index (χ3n) is 2.66. The Morgan fingerprint density at radius 1 is 1.60 bits per heavy atom. The van der Waals surface area contributed by atoms with Crippen molar-refractivity contribution in [2.45, 2.75) is 44.8 Å². The van der Waals surface area contributed by atoms with Crippen LogP contribution in [0.15, 0.2) is 5.16 Å². The molecule has 5 nitrogen and oxygen atoms in total. The third-order valence-corrected chi connectivity index (χ3v) is 2.66. The molecule has 1 aliphatic carbocycles. The second-order valence-electron chi connectivity index (χ2n) is 3.76. The summed E-state index contributed by atoms with van der Waals surface area (Å²) in [6.45, 7) is 1.74. The highest BCUT2D eigenvalue weighted by atomic mass is 16.5. The van der Waals surface area contributed by atoms with Crippen LogP contribution >= 0.6 is 0 Å². The number of hydrogen-bond donors (Lipinski definition) is 2. The molecule has 15 heavy (non-hydrogen) atoms. The summed E-state index contributed by atoms with van der Waals surface area (Å²) in [5.74, 6) is -0.100. The van der Waals surface area contributed by atoms with Crippen LogP contribution in [0, 0.1) is 0 Å². The molecular weight excluding hydrogens is 196 g/mol. The molecule has 0 spiro atoms. The first-order valence-corrected chi connectivity index (χ1v) is 5.24. The van der Waals surface area contributed by atoms with Gasteiger partial charge in [-0.3, -0.25) is 4.79 Å². The number of hydrogen-bond acceptors (Lipinski definition) is 4. The van der Waals surface area contributed by atoms with Gasteiger partial charge in [-0.25, -0.2) is 0 Å². The zero-order chi connectivity index (χ0) is 11.3. The normalized spacial score (nSPS) is 23.3. The van der Waals surface area contributed by atoms with Crippen molar-refractivity contribution in [3.63, 3.8) is 0 Å². The number of rotatable bonds is 3. The van der Waals surface area contributed by atoms with Gasteiger partial charge in [-0.1, -0.05) is 5.16 Å². The number of oxime groups is 1. The van der Waals surface area contributed by atoms with Crippen LogP contribution in [0.4, 0.5) is 0 Å². The number of ether oxygens (including phenoxy) is 1. The van der Waals surface area contributed by atoms with E-state index in [1.165, 1.54) is 0 Å². The lowest BCUT2D eigenvalue weighted by Gasteiger charge is -2.25. The molecule has 1 saturated carbocycles. The van der Waals surface area contributed by atoms with Crippen molar-refractivity contribution in [1.82, 2.24) is 5.32 Å². The third kappa shape index (κ3) is 3.51. The number of carbonyl (C=O) groups is 1. The number of nitrogens with one attached hydrogen (secondary N) is 1. The molecule has 1 rings (SSSR count). The van der Waals surface area contributed by atoms with E-state index in [0.29, 0.717) is 0 Å². The minimum Gasteiger partial charge on any atom is -0.411 e. The fourth-order valence-electron chi connectivity index (χ4n) is 1.71. The quantitative estimate of drug-likeness (QED) is 0.542. The van der Waals surface area contributed by atoms with Crippen molar-refractivity contribution in [3.8, 4) is 0 Å². The van der Waals surface area contributed by atoms with Crippen LogP contribution in [0.3, 0.4) is 0 Å². The van der Waals surface area contributed by atoms with E-state index in [1.54, 1.807) is 14.0 Å². The molecule has 0 aromatic heterocycles. The maximum Gasteiger partial charge on any atom is 0.248 e. The molecule has 1 unspecified atom stereocenters. The fraction of sp³-hybridized carbons (Fsp3) is 0.800. The van der Waals surface area contributed by atoms with Gasteiger partial charge in [0.2, 0.25) is 5.91 Å². The summed E-state index contributed by atoms with van der Waals surface area (Å²) in [7, 11) is 1.60. The molecule has 1 amide bonds. The Morgan fingerprint density at radius 2 is 2.20 bits per heavy atom. The van der Waals surface area contributed by atoms with Gasteiger partial charge in [0, 0.05) is 7.05 Å². The minimum absolute atomic E-state index is 0.0998. The topological polar surface area (TPSA) is 70.9 Å². The van der Waals surface area contributed by atoms with E-state index in [2.05, 4.69) is 10.5 Å². The molecule has 0 saturated heterocycles. The van der Waals surface area contributed by atoms with Gasteiger partial charge >= 0.3 is 0 Å². The summed E-state index contributed by atoms with van der Waals surface area (Å²) < 4.78 is 5.59. The molecule has 1 atom stereocenters. The summed E-state index contributed by atoms with van der Waals surface area (Å²) in [6, 6.07) is 0. The molecule has 0 aliphatic heterocycles. The molecule has 1 fully saturated rings. The molecular formula is C10H18N2O3. The van der Waals surface area contributed by atoms with E-state index in [-0.39, 0.29) is 12.0 Å². The predicted molar refractivity (Wildman–Crippen MR) is 56.1 cm³/mol. The number of carbonyl (C=O) groups excluding carboxylic acids is 1. The standard InChI is InChI=1S/C10H18N2O3/c1-7(10(13)11-2)15-9-5-3-8(12-14)4-6-9/h7,9,14H,3-6H2,1-2H3,(H,11,13). The highest BCUT2D eigenvalue weighted by molar-refractivity contribution is 5.84. The predicted octanol–water partition coefficient (Wildman–Crippen LogP) is 0.910. The van der Waals surface area contributed by atoms with E-state index in [9.17, 15) is 4.79 Å². The van der Waals surface area contributed by atoms with Gasteiger partial charge in [0.1, 0.15) is 6.10 Å². The van der Waals surface area contributed by atoms with E-state index in [0.717, 1.165) is 31.4 Å². The maximum absolute atomic E-state index is 11.2. The molecule has 0 aromatic carbocycles. The Hall–Kier alpha value is -1.10. The molecule has 0 heterocycles. The van der Waals surface area contributed by atoms with E-state index in [1.807, 2.05) is 0 Å². The van der Waals surface area contributed by atoms with Crippen LogP contribution < -0.4 is 5.32 Å². The van der Waals surface area contributed by atoms with Crippen molar-refractivity contribution in [1.29, 1.82) is 0 Å². The molecule has 86 valence electrons. The number of nitrogens with zero attached hydrogens (tertiary/aromatic N) is 1. The van der Waals surface area contributed by atoms with Gasteiger partial charge in [0.05, 0.1) is 11.8 Å². The fourth-order valence-corrected chi connectivity index (χ4v) is 1.71. The second-order valence-corrected chi connectivity index (χ2v) is 3.76. The Bertz CT molecular complexity index is 243. The summed E-state index contributed by atoms with van der Waals surface area (Å²) in [5.41, 5.74) is 0.822. The van der Waals surface area contributed by atoms with E-state index in [4.69, 9.17) is 9.94 Å². The van der Waals surface area contributed by atoms with Gasteiger partial charge in [-0.15, -0.1) is 0 Å². The highest BCUT2D eigenvalue weighted by Gasteiger charge is 2.22. The first-order valence-electron chi connectivity index (χ1n) is 5.24. The van der Waals surface area contributed by atoms with Crippen molar-refractivity contribution in [2.24, 2.45) is 5.16 Å². The molecule has 0 bridgehead atoms. The van der Waals surface area contributed by atoms with Crippen LogP contribution in [0.2, 0.25) is 0 Å². The molecule has 0 aromatic rings. The molecule has 2 N–H and O–H groups in total. The summed E-state index contributed by atoms with van der Waals surface area (Å²) in [4.78, 5) is 11.2. The monoisotopic (exact) mass is 214 g/mol. The Balaban J connectivity index is 2.32. The maximum atomic E-state index is 11.2. The van der Waals surface area contributed by atoms with Crippen molar-refractivity contribution in [2.75, 3.05) is 7.05 Å². The van der Waals surface area contributed by atoms with Gasteiger partial charge in [-0.05, 0) is 32.6 Å². The van der Waals surface area contributed by atoms with Crippen LogP contribution in [-0.2, 0) is 9.53 Å². The van der Waals surface area contributed by atoms with E-state index < -0.39 is 6.10 Å². The Kier molecular flexibility index (Phi) is 4.55. The first-order chi connectivity index (χ1) is 7.17. The number of amides is 1. The van der Waals surface area contributed by atoms with Crippen LogP contribution in [0.25, 0.3) is 0 Å². The lowest BCUT2D eigenvalue weighted by atomic mass is 9.96. The Morgan fingerprint density at radius 3 is 2.67 bits per heavy atom. The van der Waals surface area contributed by atoms with Gasteiger partial charge in [0.25, 0.3) is 0 Å². The molecule has 0 radical (unpaired) electrons. The SMILES string of the molecule is CNC(=O)C(C)OC1CCC(=NO)CC1. The van der Waals surface area contributed by atoms with Crippen molar-refractivity contribution in [3.05, 3.63) is 0 Å². The zero-order valence-corrected chi connectivity index (χ0v) is 9.19. The van der Waals surface area contributed by atoms with Gasteiger partial charge in [0.15, 0.2) is 0 Å². The van der Waals surface area contributed by atoms with Gasteiger partial charge in [-0.2, -0.15) is 0 Å². The average molecular weight is 214 g/mol. The van der Waals surface area contributed by atoms with Gasteiger partial charge < -0.3 is 15.3 Å².